The maximum Gasteiger partial charge on any atom is 0.0589 e. The summed E-state index contributed by atoms with van der Waals surface area (Å²) in [4.78, 5) is 2.49. The molecule has 0 saturated carbocycles. The van der Waals surface area contributed by atoms with Crippen LogP contribution in [0.5, 0.6) is 0 Å². The molecule has 1 saturated heterocycles. The maximum absolute atomic E-state index is 5.06. The van der Waals surface area contributed by atoms with Crippen LogP contribution < -0.4 is 0 Å². The highest BCUT2D eigenvalue weighted by molar-refractivity contribution is 4.95. The SMILES string of the molecule is C/C=C/C1CCCN1CCOC. The molecule has 0 amide bonds. The molecule has 0 aromatic heterocycles. The van der Waals surface area contributed by atoms with E-state index in [0.717, 1.165) is 13.2 Å². The van der Waals surface area contributed by atoms with Crippen molar-refractivity contribution in [2.45, 2.75) is 25.8 Å². The number of nitrogens with zero attached hydrogens (tertiary/aromatic N) is 1. The van der Waals surface area contributed by atoms with Gasteiger partial charge in [0.05, 0.1) is 6.61 Å². The Kier molecular flexibility index (Phi) is 4.33. The summed E-state index contributed by atoms with van der Waals surface area (Å²) in [7, 11) is 1.76. The molecule has 0 spiro atoms. The molecule has 1 atom stereocenters. The molecule has 2 nitrogen and oxygen atoms in total. The highest BCUT2D eigenvalue weighted by Gasteiger charge is 2.20. The van der Waals surface area contributed by atoms with Gasteiger partial charge in [0.25, 0.3) is 0 Å². The number of likely N-dealkylation sites (tertiary alicyclic amines) is 1. The average molecular weight is 169 g/mol. The Morgan fingerprint density at radius 2 is 2.42 bits per heavy atom. The number of hydrogen-bond donors (Lipinski definition) is 0. The molecule has 2 heteroatoms. The zero-order valence-corrected chi connectivity index (χ0v) is 8.12. The minimum Gasteiger partial charge on any atom is -0.383 e. The van der Waals surface area contributed by atoms with Crippen LogP contribution in [-0.4, -0.2) is 37.7 Å². The van der Waals surface area contributed by atoms with E-state index in [1.807, 2.05) is 0 Å². The Morgan fingerprint density at radius 1 is 1.58 bits per heavy atom. The normalized spacial score (nSPS) is 25.7. The Balaban J connectivity index is 2.30. The van der Waals surface area contributed by atoms with E-state index in [2.05, 4.69) is 24.0 Å². The molecule has 0 aromatic carbocycles. The highest BCUT2D eigenvalue weighted by atomic mass is 16.5. The van der Waals surface area contributed by atoms with Crippen molar-refractivity contribution in [3.8, 4) is 0 Å². The van der Waals surface area contributed by atoms with Crippen molar-refractivity contribution in [2.75, 3.05) is 26.8 Å². The number of methoxy groups -OCH3 is 1. The van der Waals surface area contributed by atoms with E-state index in [0.29, 0.717) is 6.04 Å². The molecule has 0 bridgehead atoms. The number of rotatable bonds is 4. The van der Waals surface area contributed by atoms with E-state index >= 15 is 0 Å². The summed E-state index contributed by atoms with van der Waals surface area (Å²) in [5.41, 5.74) is 0. The lowest BCUT2D eigenvalue weighted by Gasteiger charge is -2.20. The second-order valence-electron chi connectivity index (χ2n) is 3.26. The molecule has 12 heavy (non-hydrogen) atoms. The smallest absolute Gasteiger partial charge is 0.0589 e. The summed E-state index contributed by atoms with van der Waals surface area (Å²) >= 11 is 0. The second-order valence-corrected chi connectivity index (χ2v) is 3.26. The first-order chi connectivity index (χ1) is 5.88. The van der Waals surface area contributed by atoms with Gasteiger partial charge in [-0.15, -0.1) is 0 Å². The lowest BCUT2D eigenvalue weighted by molar-refractivity contribution is 0.150. The van der Waals surface area contributed by atoms with Crippen LogP contribution in [0.2, 0.25) is 0 Å². The fraction of sp³-hybridized carbons (Fsp3) is 0.800. The number of ether oxygens (including phenoxy) is 1. The molecular formula is C10H19NO. The van der Waals surface area contributed by atoms with Crippen molar-refractivity contribution < 1.29 is 4.74 Å². The van der Waals surface area contributed by atoms with E-state index in [4.69, 9.17) is 4.74 Å². The van der Waals surface area contributed by atoms with Crippen LogP contribution >= 0.6 is 0 Å². The van der Waals surface area contributed by atoms with Crippen molar-refractivity contribution in [1.82, 2.24) is 4.90 Å². The van der Waals surface area contributed by atoms with Gasteiger partial charge in [-0.2, -0.15) is 0 Å². The van der Waals surface area contributed by atoms with Crippen LogP contribution in [0.25, 0.3) is 0 Å². The van der Waals surface area contributed by atoms with Gasteiger partial charge in [0.1, 0.15) is 0 Å². The van der Waals surface area contributed by atoms with Gasteiger partial charge in [-0.1, -0.05) is 12.2 Å². The van der Waals surface area contributed by atoms with Crippen molar-refractivity contribution >= 4 is 0 Å². The molecule has 1 aliphatic heterocycles. The fourth-order valence-electron chi connectivity index (χ4n) is 1.78. The largest absolute Gasteiger partial charge is 0.383 e. The van der Waals surface area contributed by atoms with Crippen molar-refractivity contribution in [3.63, 3.8) is 0 Å². The van der Waals surface area contributed by atoms with Gasteiger partial charge in [-0.3, -0.25) is 4.90 Å². The Hall–Kier alpha value is -0.340. The third-order valence-corrected chi connectivity index (χ3v) is 2.41. The molecule has 0 N–H and O–H groups in total. The first-order valence-electron chi connectivity index (χ1n) is 4.74. The molecule has 1 heterocycles. The Labute approximate surface area is 75.2 Å². The van der Waals surface area contributed by atoms with E-state index in [-0.39, 0.29) is 0 Å². The van der Waals surface area contributed by atoms with Gasteiger partial charge in [-0.05, 0) is 26.3 Å². The van der Waals surface area contributed by atoms with Gasteiger partial charge < -0.3 is 4.74 Å². The monoisotopic (exact) mass is 169 g/mol. The summed E-state index contributed by atoms with van der Waals surface area (Å²) in [6.45, 7) is 5.25. The highest BCUT2D eigenvalue weighted by Crippen LogP contribution is 2.17. The topological polar surface area (TPSA) is 12.5 Å². The third-order valence-electron chi connectivity index (χ3n) is 2.41. The van der Waals surface area contributed by atoms with E-state index in [1.54, 1.807) is 7.11 Å². The zero-order chi connectivity index (χ0) is 8.81. The molecule has 0 aromatic rings. The van der Waals surface area contributed by atoms with Crippen LogP contribution in [0.1, 0.15) is 19.8 Å². The molecular weight excluding hydrogens is 150 g/mol. The quantitative estimate of drug-likeness (QED) is 0.594. The minimum absolute atomic E-state index is 0.671. The van der Waals surface area contributed by atoms with E-state index < -0.39 is 0 Å². The second kappa shape index (κ2) is 5.33. The van der Waals surface area contributed by atoms with Crippen LogP contribution in [0.4, 0.5) is 0 Å². The van der Waals surface area contributed by atoms with Gasteiger partial charge in [0, 0.05) is 19.7 Å². The lowest BCUT2D eigenvalue weighted by atomic mass is 10.2. The summed E-state index contributed by atoms with van der Waals surface area (Å²) in [6.07, 6.45) is 7.09. The number of hydrogen-bond acceptors (Lipinski definition) is 2. The predicted octanol–water partition coefficient (Wildman–Crippen LogP) is 1.67. The van der Waals surface area contributed by atoms with Crippen LogP contribution in [0.3, 0.4) is 0 Å². The lowest BCUT2D eigenvalue weighted by Crippen LogP contribution is -2.30. The van der Waals surface area contributed by atoms with Crippen molar-refractivity contribution in [3.05, 3.63) is 12.2 Å². The van der Waals surface area contributed by atoms with Crippen molar-refractivity contribution in [1.29, 1.82) is 0 Å². The first kappa shape index (κ1) is 9.75. The maximum atomic E-state index is 5.06. The fourth-order valence-corrected chi connectivity index (χ4v) is 1.78. The van der Waals surface area contributed by atoms with Crippen LogP contribution in [0.15, 0.2) is 12.2 Å². The molecule has 1 aliphatic rings. The van der Waals surface area contributed by atoms with E-state index in [1.165, 1.54) is 19.4 Å². The van der Waals surface area contributed by atoms with Crippen LogP contribution in [0, 0.1) is 0 Å². The molecule has 0 radical (unpaired) electrons. The van der Waals surface area contributed by atoms with Gasteiger partial charge in [-0.25, -0.2) is 0 Å². The Bertz CT molecular complexity index is 145. The molecule has 1 rings (SSSR count). The summed E-state index contributed by atoms with van der Waals surface area (Å²) in [6, 6.07) is 0.671. The minimum atomic E-state index is 0.671. The van der Waals surface area contributed by atoms with Crippen LogP contribution in [-0.2, 0) is 4.74 Å². The summed E-state index contributed by atoms with van der Waals surface area (Å²) in [5, 5.41) is 0. The van der Waals surface area contributed by atoms with Gasteiger partial charge in [0.2, 0.25) is 0 Å². The van der Waals surface area contributed by atoms with Gasteiger partial charge in [0.15, 0.2) is 0 Å². The van der Waals surface area contributed by atoms with E-state index in [9.17, 15) is 0 Å². The predicted molar refractivity (Wildman–Crippen MR) is 51.3 cm³/mol. The average Bonchev–Trinajstić information content (AvgIpc) is 2.50. The number of allylic oxidation sites excluding steroid dienone is 1. The summed E-state index contributed by atoms with van der Waals surface area (Å²) in [5.74, 6) is 0. The molecule has 1 fully saturated rings. The van der Waals surface area contributed by atoms with Gasteiger partial charge >= 0.3 is 0 Å². The molecule has 70 valence electrons. The zero-order valence-electron chi connectivity index (χ0n) is 8.12. The Morgan fingerprint density at radius 3 is 3.08 bits per heavy atom. The molecule has 0 aliphatic carbocycles. The van der Waals surface area contributed by atoms with Crippen molar-refractivity contribution in [2.24, 2.45) is 0 Å². The molecule has 1 unspecified atom stereocenters. The first-order valence-corrected chi connectivity index (χ1v) is 4.74. The third kappa shape index (κ3) is 2.61. The summed E-state index contributed by atoms with van der Waals surface area (Å²) < 4.78 is 5.06. The standard InChI is InChI=1S/C10H19NO/c1-3-5-10-6-4-7-11(10)8-9-12-2/h3,5,10H,4,6-9H2,1-2H3/b5-3+.